The SMILES string of the molecule is O=C(CC(c1ccccc1)c1ccccc1)N[C@@H]1CCN(Cc2ccccc2)C1. The normalized spacial score (nSPS) is 16.8. The Bertz CT molecular complexity index is 856. The maximum absolute atomic E-state index is 12.9. The number of benzene rings is 3. The lowest BCUT2D eigenvalue weighted by Gasteiger charge is -2.20. The average Bonchev–Trinajstić information content (AvgIpc) is 3.20. The Labute approximate surface area is 173 Å². The molecule has 1 saturated heterocycles. The standard InChI is InChI=1S/C26H28N2O/c29-26(27-24-16-17-28(20-24)19-21-10-4-1-5-11-21)18-25(22-12-6-2-7-13-22)23-14-8-3-9-15-23/h1-15,24-25H,16-20H2,(H,27,29)/t24-/m1/s1. The summed E-state index contributed by atoms with van der Waals surface area (Å²) in [6.45, 7) is 2.90. The van der Waals surface area contributed by atoms with E-state index in [9.17, 15) is 4.79 Å². The molecule has 0 spiro atoms. The van der Waals surface area contributed by atoms with Crippen LogP contribution in [0.15, 0.2) is 91.0 Å². The molecule has 3 nitrogen and oxygen atoms in total. The largest absolute Gasteiger partial charge is 0.352 e. The van der Waals surface area contributed by atoms with E-state index in [0.29, 0.717) is 6.42 Å². The van der Waals surface area contributed by atoms with Gasteiger partial charge in [-0.2, -0.15) is 0 Å². The summed E-state index contributed by atoms with van der Waals surface area (Å²) in [5.74, 6) is 0.216. The van der Waals surface area contributed by atoms with Crippen molar-refractivity contribution in [2.75, 3.05) is 13.1 Å². The highest BCUT2D eigenvalue weighted by atomic mass is 16.1. The topological polar surface area (TPSA) is 32.3 Å². The second-order valence-electron chi connectivity index (χ2n) is 7.85. The highest BCUT2D eigenvalue weighted by Gasteiger charge is 2.25. The maximum atomic E-state index is 12.9. The third-order valence-electron chi connectivity index (χ3n) is 5.68. The van der Waals surface area contributed by atoms with Gasteiger partial charge in [0.2, 0.25) is 5.91 Å². The monoisotopic (exact) mass is 384 g/mol. The second-order valence-corrected chi connectivity index (χ2v) is 7.85. The Balaban J connectivity index is 1.36. The first-order chi connectivity index (χ1) is 14.3. The Kier molecular flexibility index (Phi) is 6.38. The number of nitrogens with zero attached hydrogens (tertiary/aromatic N) is 1. The zero-order chi connectivity index (χ0) is 19.9. The zero-order valence-electron chi connectivity index (χ0n) is 16.7. The number of amides is 1. The van der Waals surface area contributed by atoms with Crippen LogP contribution in [-0.4, -0.2) is 29.9 Å². The lowest BCUT2D eigenvalue weighted by atomic mass is 9.88. The van der Waals surface area contributed by atoms with E-state index in [0.717, 1.165) is 26.1 Å². The van der Waals surface area contributed by atoms with Crippen molar-refractivity contribution in [3.8, 4) is 0 Å². The first-order valence-corrected chi connectivity index (χ1v) is 10.4. The van der Waals surface area contributed by atoms with Gasteiger partial charge < -0.3 is 5.32 Å². The molecule has 1 heterocycles. The minimum Gasteiger partial charge on any atom is -0.352 e. The van der Waals surface area contributed by atoms with E-state index < -0.39 is 0 Å². The average molecular weight is 385 g/mol. The predicted octanol–water partition coefficient (Wildman–Crippen LogP) is 4.60. The molecule has 1 amide bonds. The molecular weight excluding hydrogens is 356 g/mol. The van der Waals surface area contributed by atoms with Crippen LogP contribution in [0, 0.1) is 0 Å². The third kappa shape index (κ3) is 5.33. The third-order valence-corrected chi connectivity index (χ3v) is 5.68. The van der Waals surface area contributed by atoms with Crippen molar-refractivity contribution in [2.24, 2.45) is 0 Å². The molecule has 3 heteroatoms. The molecule has 1 fully saturated rings. The van der Waals surface area contributed by atoms with Gasteiger partial charge in [-0.25, -0.2) is 0 Å². The van der Waals surface area contributed by atoms with E-state index in [1.807, 2.05) is 42.5 Å². The number of hydrogen-bond donors (Lipinski definition) is 1. The fourth-order valence-corrected chi connectivity index (χ4v) is 4.21. The van der Waals surface area contributed by atoms with Gasteiger partial charge in [0.1, 0.15) is 0 Å². The number of likely N-dealkylation sites (tertiary alicyclic amines) is 1. The summed E-state index contributed by atoms with van der Waals surface area (Å²) in [5.41, 5.74) is 3.70. The Morgan fingerprint density at radius 3 is 2.00 bits per heavy atom. The molecule has 148 valence electrons. The van der Waals surface area contributed by atoms with Gasteiger partial charge in [-0.15, -0.1) is 0 Å². The van der Waals surface area contributed by atoms with Gasteiger partial charge in [-0.3, -0.25) is 9.69 Å². The molecule has 0 bridgehead atoms. The highest BCUT2D eigenvalue weighted by Crippen LogP contribution is 2.28. The van der Waals surface area contributed by atoms with Crippen molar-refractivity contribution in [1.82, 2.24) is 10.2 Å². The van der Waals surface area contributed by atoms with E-state index in [1.165, 1.54) is 16.7 Å². The molecule has 0 saturated carbocycles. The van der Waals surface area contributed by atoms with Crippen LogP contribution in [-0.2, 0) is 11.3 Å². The zero-order valence-corrected chi connectivity index (χ0v) is 16.7. The van der Waals surface area contributed by atoms with Crippen LogP contribution in [0.3, 0.4) is 0 Å². The second kappa shape index (κ2) is 9.53. The van der Waals surface area contributed by atoms with E-state index in [-0.39, 0.29) is 17.9 Å². The van der Waals surface area contributed by atoms with Gasteiger partial charge >= 0.3 is 0 Å². The Morgan fingerprint density at radius 2 is 1.41 bits per heavy atom. The lowest BCUT2D eigenvalue weighted by molar-refractivity contribution is -0.121. The number of hydrogen-bond acceptors (Lipinski definition) is 2. The molecule has 3 aromatic carbocycles. The first-order valence-electron chi connectivity index (χ1n) is 10.4. The van der Waals surface area contributed by atoms with Crippen LogP contribution in [0.4, 0.5) is 0 Å². The molecular formula is C26H28N2O. The van der Waals surface area contributed by atoms with E-state index in [1.54, 1.807) is 0 Å². The van der Waals surface area contributed by atoms with Crippen LogP contribution in [0.2, 0.25) is 0 Å². The summed E-state index contributed by atoms with van der Waals surface area (Å²) in [4.78, 5) is 15.3. The molecule has 29 heavy (non-hydrogen) atoms. The maximum Gasteiger partial charge on any atom is 0.221 e. The van der Waals surface area contributed by atoms with Crippen molar-refractivity contribution in [3.05, 3.63) is 108 Å². The Hall–Kier alpha value is -2.91. The summed E-state index contributed by atoms with van der Waals surface area (Å²) < 4.78 is 0. The van der Waals surface area contributed by atoms with Crippen molar-refractivity contribution < 1.29 is 4.79 Å². The van der Waals surface area contributed by atoms with Crippen LogP contribution < -0.4 is 5.32 Å². The van der Waals surface area contributed by atoms with E-state index in [2.05, 4.69) is 58.7 Å². The summed E-state index contributed by atoms with van der Waals surface area (Å²) in [5, 5.41) is 3.28. The fraction of sp³-hybridized carbons (Fsp3) is 0.269. The molecule has 0 radical (unpaired) electrons. The minimum absolute atomic E-state index is 0.0826. The fourth-order valence-electron chi connectivity index (χ4n) is 4.21. The van der Waals surface area contributed by atoms with Crippen molar-refractivity contribution >= 4 is 5.91 Å². The van der Waals surface area contributed by atoms with Crippen molar-refractivity contribution in [3.63, 3.8) is 0 Å². The van der Waals surface area contributed by atoms with E-state index in [4.69, 9.17) is 0 Å². The van der Waals surface area contributed by atoms with Crippen LogP contribution in [0.1, 0.15) is 35.4 Å². The first kappa shape index (κ1) is 19.4. The number of carbonyl (C=O) groups excluding carboxylic acids is 1. The van der Waals surface area contributed by atoms with Crippen LogP contribution in [0.5, 0.6) is 0 Å². The van der Waals surface area contributed by atoms with Gasteiger partial charge in [0.15, 0.2) is 0 Å². The van der Waals surface area contributed by atoms with Gasteiger partial charge in [0, 0.05) is 38.0 Å². The van der Waals surface area contributed by atoms with Crippen molar-refractivity contribution in [1.29, 1.82) is 0 Å². The molecule has 3 aromatic rings. The van der Waals surface area contributed by atoms with Crippen LogP contribution >= 0.6 is 0 Å². The van der Waals surface area contributed by atoms with Gasteiger partial charge in [-0.05, 0) is 23.1 Å². The number of carbonyl (C=O) groups is 1. The molecule has 0 aliphatic carbocycles. The molecule has 1 aliphatic heterocycles. The van der Waals surface area contributed by atoms with Crippen LogP contribution in [0.25, 0.3) is 0 Å². The smallest absolute Gasteiger partial charge is 0.221 e. The lowest BCUT2D eigenvalue weighted by Crippen LogP contribution is -2.37. The molecule has 0 aromatic heterocycles. The van der Waals surface area contributed by atoms with Crippen molar-refractivity contribution in [2.45, 2.75) is 31.3 Å². The molecule has 1 N–H and O–H groups in total. The van der Waals surface area contributed by atoms with Gasteiger partial charge in [-0.1, -0.05) is 91.0 Å². The van der Waals surface area contributed by atoms with E-state index >= 15 is 0 Å². The minimum atomic E-state index is 0.0826. The summed E-state index contributed by atoms with van der Waals surface area (Å²) in [6.07, 6.45) is 1.49. The molecule has 4 rings (SSSR count). The summed E-state index contributed by atoms with van der Waals surface area (Å²) in [7, 11) is 0. The highest BCUT2D eigenvalue weighted by molar-refractivity contribution is 5.78. The van der Waals surface area contributed by atoms with Gasteiger partial charge in [0.25, 0.3) is 0 Å². The van der Waals surface area contributed by atoms with Gasteiger partial charge in [0.05, 0.1) is 0 Å². The quantitative estimate of drug-likeness (QED) is 0.646. The number of rotatable bonds is 7. The summed E-state index contributed by atoms with van der Waals surface area (Å²) in [6, 6.07) is 31.4. The predicted molar refractivity (Wildman–Crippen MR) is 118 cm³/mol. The Morgan fingerprint density at radius 1 is 0.862 bits per heavy atom. The summed E-state index contributed by atoms with van der Waals surface area (Å²) >= 11 is 0. The molecule has 1 atom stereocenters. The molecule has 0 unspecified atom stereocenters. The number of nitrogens with one attached hydrogen (secondary N) is 1. The molecule has 1 aliphatic rings.